The molecule has 11 heteroatoms. The number of fused-ring (bicyclic) bond motifs is 1. The van der Waals surface area contributed by atoms with Crippen molar-refractivity contribution in [1.29, 1.82) is 0 Å². The number of carbonyl (C=O) groups is 1. The molecule has 0 saturated heterocycles. The number of sulfonamides is 1. The van der Waals surface area contributed by atoms with Crippen LogP contribution < -0.4 is 14.4 Å². The second kappa shape index (κ2) is 5.50. The fraction of sp³-hybridized carbons (Fsp3) is 0.333. The van der Waals surface area contributed by atoms with E-state index < -0.39 is 10.0 Å². The number of anilines is 2. The van der Waals surface area contributed by atoms with Gasteiger partial charge in [-0.1, -0.05) is 5.10 Å². The average Bonchev–Trinajstić information content (AvgIpc) is 2.97. The highest BCUT2D eigenvalue weighted by molar-refractivity contribution is 7.92. The zero-order valence-electron chi connectivity index (χ0n) is 12.3. The first kappa shape index (κ1) is 15.2. The Labute approximate surface area is 131 Å². The largest absolute Gasteiger partial charge is 0.487 e. The first-order valence-corrected chi connectivity index (χ1v) is 8.20. The van der Waals surface area contributed by atoms with Crippen LogP contribution in [0.25, 0.3) is 0 Å². The zero-order valence-corrected chi connectivity index (χ0v) is 13.2. The zero-order chi connectivity index (χ0) is 16.6. The van der Waals surface area contributed by atoms with Crippen LogP contribution in [0.5, 0.6) is 5.75 Å². The number of hydrogen-bond donors (Lipinski definition) is 2. The topological polar surface area (TPSA) is 130 Å². The highest BCUT2D eigenvalue weighted by Crippen LogP contribution is 2.35. The SMILES string of the molecule is CC(=O)N1C[C@H](C)Oc2ccc(S(=O)(=O)Nc3nn[nH]n3)cc21. The monoisotopic (exact) mass is 338 g/mol. The summed E-state index contributed by atoms with van der Waals surface area (Å²) >= 11 is 0. The van der Waals surface area contributed by atoms with E-state index in [4.69, 9.17) is 4.74 Å². The minimum Gasteiger partial charge on any atom is -0.487 e. The van der Waals surface area contributed by atoms with Crippen LogP contribution in [0.15, 0.2) is 23.1 Å². The maximum atomic E-state index is 12.3. The van der Waals surface area contributed by atoms with E-state index in [9.17, 15) is 13.2 Å². The standard InChI is InChI=1S/C12H14N6O4S/c1-7-6-18(8(2)19)10-5-9(3-4-11(10)22-7)23(20,21)15-12-13-16-17-14-12/h3-5,7H,6H2,1-2H3,(H2,13,14,15,16,17)/t7-/m0/s1. The predicted octanol–water partition coefficient (Wildman–Crippen LogP) is 0.134. The number of hydrogen-bond acceptors (Lipinski definition) is 7. The molecule has 2 N–H and O–H groups in total. The van der Waals surface area contributed by atoms with Crippen LogP contribution in [0.2, 0.25) is 0 Å². The summed E-state index contributed by atoms with van der Waals surface area (Å²) in [6, 6.07) is 4.29. The number of H-pyrrole nitrogens is 1. The molecule has 0 spiro atoms. The van der Waals surface area contributed by atoms with Crippen LogP contribution in [-0.4, -0.2) is 47.6 Å². The molecule has 122 valence electrons. The van der Waals surface area contributed by atoms with Gasteiger partial charge in [-0.2, -0.15) is 5.21 Å². The number of rotatable bonds is 3. The third-order valence-electron chi connectivity index (χ3n) is 3.25. The lowest BCUT2D eigenvalue weighted by Crippen LogP contribution is -2.41. The number of ether oxygens (including phenoxy) is 1. The summed E-state index contributed by atoms with van der Waals surface area (Å²) in [5.74, 6) is 0.0931. The maximum Gasteiger partial charge on any atom is 0.276 e. The van der Waals surface area contributed by atoms with Gasteiger partial charge in [0.15, 0.2) is 0 Å². The molecule has 0 aliphatic carbocycles. The highest BCUT2D eigenvalue weighted by atomic mass is 32.2. The third-order valence-corrected chi connectivity index (χ3v) is 4.58. The second-order valence-corrected chi connectivity index (χ2v) is 6.71. The van der Waals surface area contributed by atoms with Gasteiger partial charge in [-0.05, 0) is 30.3 Å². The van der Waals surface area contributed by atoms with Gasteiger partial charge in [-0.3, -0.25) is 4.79 Å². The summed E-state index contributed by atoms with van der Waals surface area (Å²) in [6.07, 6.45) is -0.175. The number of amides is 1. The lowest BCUT2D eigenvalue weighted by molar-refractivity contribution is -0.117. The summed E-state index contributed by atoms with van der Waals surface area (Å²) in [6.45, 7) is 3.60. The summed E-state index contributed by atoms with van der Waals surface area (Å²) in [7, 11) is -3.91. The number of carbonyl (C=O) groups excluding carboxylic acids is 1. The van der Waals surface area contributed by atoms with Crippen LogP contribution in [0.4, 0.5) is 11.6 Å². The van der Waals surface area contributed by atoms with Gasteiger partial charge in [0.1, 0.15) is 11.9 Å². The molecule has 1 aliphatic rings. The van der Waals surface area contributed by atoms with Crippen LogP contribution in [0, 0.1) is 0 Å². The molecule has 0 radical (unpaired) electrons. The molecule has 3 rings (SSSR count). The van der Waals surface area contributed by atoms with Gasteiger partial charge in [0, 0.05) is 6.92 Å². The van der Waals surface area contributed by atoms with Gasteiger partial charge in [0.2, 0.25) is 5.91 Å². The fourth-order valence-electron chi connectivity index (χ4n) is 2.27. The molecular formula is C12H14N6O4S. The molecule has 2 aromatic rings. The Morgan fingerprint density at radius 2 is 2.26 bits per heavy atom. The smallest absolute Gasteiger partial charge is 0.276 e. The quantitative estimate of drug-likeness (QED) is 0.813. The Bertz CT molecular complexity index is 835. The second-order valence-electron chi connectivity index (χ2n) is 5.03. The molecule has 1 atom stereocenters. The maximum absolute atomic E-state index is 12.3. The van der Waals surface area contributed by atoms with E-state index >= 15 is 0 Å². The molecule has 2 heterocycles. The number of nitrogens with one attached hydrogen (secondary N) is 2. The van der Waals surface area contributed by atoms with Crippen LogP contribution in [-0.2, 0) is 14.8 Å². The van der Waals surface area contributed by atoms with Crippen molar-refractivity contribution in [3.63, 3.8) is 0 Å². The van der Waals surface area contributed by atoms with Crippen LogP contribution >= 0.6 is 0 Å². The molecule has 1 aliphatic heterocycles. The van der Waals surface area contributed by atoms with Gasteiger partial charge in [0.05, 0.1) is 17.1 Å². The number of aromatic nitrogens is 4. The van der Waals surface area contributed by atoms with E-state index in [2.05, 4.69) is 25.3 Å². The number of nitrogens with zero attached hydrogens (tertiary/aromatic N) is 4. The van der Waals surface area contributed by atoms with Crippen LogP contribution in [0.1, 0.15) is 13.8 Å². The number of benzene rings is 1. The van der Waals surface area contributed by atoms with Crippen molar-refractivity contribution in [3.05, 3.63) is 18.2 Å². The van der Waals surface area contributed by atoms with E-state index in [-0.39, 0.29) is 22.9 Å². The number of tetrazole rings is 1. The van der Waals surface area contributed by atoms with E-state index in [1.807, 2.05) is 6.92 Å². The van der Waals surface area contributed by atoms with Crippen molar-refractivity contribution in [1.82, 2.24) is 20.6 Å². The summed E-state index contributed by atoms with van der Waals surface area (Å²) in [5, 5.41) is 12.5. The summed E-state index contributed by atoms with van der Waals surface area (Å²) < 4.78 is 32.5. The van der Waals surface area contributed by atoms with Crippen molar-refractivity contribution in [2.75, 3.05) is 16.2 Å². The lowest BCUT2D eigenvalue weighted by atomic mass is 10.2. The molecule has 1 aromatic carbocycles. The average molecular weight is 338 g/mol. The van der Waals surface area contributed by atoms with Gasteiger partial charge in [0.25, 0.3) is 16.0 Å². The summed E-state index contributed by atoms with van der Waals surface area (Å²) in [4.78, 5) is 13.2. The first-order valence-electron chi connectivity index (χ1n) is 6.72. The fourth-order valence-corrected chi connectivity index (χ4v) is 3.23. The van der Waals surface area contributed by atoms with Crippen LogP contribution in [0.3, 0.4) is 0 Å². The Morgan fingerprint density at radius 3 is 2.91 bits per heavy atom. The molecule has 0 fully saturated rings. The predicted molar refractivity (Wildman–Crippen MR) is 79.5 cm³/mol. The minimum atomic E-state index is -3.91. The molecule has 0 bridgehead atoms. The van der Waals surface area contributed by atoms with Crippen molar-refractivity contribution in [2.45, 2.75) is 24.8 Å². The van der Waals surface area contributed by atoms with E-state index in [0.717, 1.165) is 0 Å². The molecule has 1 amide bonds. The van der Waals surface area contributed by atoms with Crippen molar-refractivity contribution >= 4 is 27.6 Å². The van der Waals surface area contributed by atoms with E-state index in [1.54, 1.807) is 0 Å². The Balaban J connectivity index is 1.99. The molecular weight excluding hydrogens is 324 g/mol. The molecule has 10 nitrogen and oxygen atoms in total. The van der Waals surface area contributed by atoms with Crippen molar-refractivity contribution in [3.8, 4) is 5.75 Å². The van der Waals surface area contributed by atoms with Gasteiger partial charge in [-0.25, -0.2) is 13.1 Å². The van der Waals surface area contributed by atoms with E-state index in [0.29, 0.717) is 18.0 Å². The molecule has 23 heavy (non-hydrogen) atoms. The Morgan fingerprint density at radius 1 is 1.48 bits per heavy atom. The lowest BCUT2D eigenvalue weighted by Gasteiger charge is -2.33. The van der Waals surface area contributed by atoms with Gasteiger partial charge < -0.3 is 9.64 Å². The molecule has 0 saturated carbocycles. The number of aromatic amines is 1. The first-order chi connectivity index (χ1) is 10.9. The van der Waals surface area contributed by atoms with E-state index in [1.165, 1.54) is 30.0 Å². The normalized spacial score (nSPS) is 17.3. The molecule has 0 unspecified atom stereocenters. The van der Waals surface area contributed by atoms with Crippen molar-refractivity contribution < 1.29 is 17.9 Å². The van der Waals surface area contributed by atoms with Crippen molar-refractivity contribution in [2.24, 2.45) is 0 Å². The highest BCUT2D eigenvalue weighted by Gasteiger charge is 2.28. The molecule has 1 aromatic heterocycles. The van der Waals surface area contributed by atoms with Gasteiger partial charge >= 0.3 is 0 Å². The minimum absolute atomic E-state index is 0.0366. The Hall–Kier alpha value is -2.69. The van der Waals surface area contributed by atoms with Gasteiger partial charge in [-0.15, -0.1) is 5.10 Å². The third kappa shape index (κ3) is 2.95. The summed E-state index contributed by atoms with van der Waals surface area (Å²) in [5.41, 5.74) is 0.409. The Kier molecular flexibility index (Phi) is 3.64.